The van der Waals surface area contributed by atoms with E-state index in [4.69, 9.17) is 0 Å². The molecule has 0 amide bonds. The summed E-state index contributed by atoms with van der Waals surface area (Å²) >= 11 is 0. The molecule has 2 rings (SSSR count). The van der Waals surface area contributed by atoms with Crippen LogP contribution in [0.25, 0.3) is 0 Å². The molecule has 1 aliphatic carbocycles. The van der Waals surface area contributed by atoms with Gasteiger partial charge in [0.05, 0.1) is 17.6 Å². The van der Waals surface area contributed by atoms with Gasteiger partial charge in [0.2, 0.25) is 0 Å². The third-order valence-electron chi connectivity index (χ3n) is 5.28. The van der Waals surface area contributed by atoms with Crippen molar-refractivity contribution in [2.24, 2.45) is 16.7 Å². The molecule has 0 aliphatic heterocycles. The maximum absolute atomic E-state index is 10.6. The molecular formula is C14H24N4O3. The first-order valence-electron chi connectivity index (χ1n) is 7.22. The van der Waals surface area contributed by atoms with Crippen molar-refractivity contribution in [3.63, 3.8) is 0 Å². The van der Waals surface area contributed by atoms with Gasteiger partial charge in [-0.3, -0.25) is 14.8 Å². The normalized spacial score (nSPS) is 21.2. The van der Waals surface area contributed by atoms with Gasteiger partial charge in [-0.1, -0.05) is 27.7 Å². The van der Waals surface area contributed by atoms with Gasteiger partial charge in [-0.15, -0.1) is 0 Å². The van der Waals surface area contributed by atoms with E-state index in [2.05, 4.69) is 38.1 Å². The summed E-state index contributed by atoms with van der Waals surface area (Å²) in [6, 6.07) is 0. The molecule has 7 heteroatoms. The van der Waals surface area contributed by atoms with E-state index < -0.39 is 11.0 Å². The van der Waals surface area contributed by atoms with Gasteiger partial charge in [0.15, 0.2) is 0 Å². The molecule has 118 valence electrons. The SMILES string of the molecule is CC1(C)C(CNCC(O)Cn2cc([N+](=O)[O-])cn2)C1(C)C. The van der Waals surface area contributed by atoms with Gasteiger partial charge >= 0.3 is 5.69 Å². The summed E-state index contributed by atoms with van der Waals surface area (Å²) in [5.41, 5.74) is 0.595. The molecule has 1 heterocycles. The number of aliphatic hydroxyl groups excluding tert-OH is 1. The highest BCUT2D eigenvalue weighted by Gasteiger charge is 2.63. The maximum Gasteiger partial charge on any atom is 0.306 e. The Morgan fingerprint density at radius 1 is 1.48 bits per heavy atom. The summed E-state index contributed by atoms with van der Waals surface area (Å²) in [5.74, 6) is 0.600. The minimum absolute atomic E-state index is 0.0587. The van der Waals surface area contributed by atoms with Crippen molar-refractivity contribution in [2.75, 3.05) is 13.1 Å². The highest BCUT2D eigenvalue weighted by molar-refractivity contribution is 5.20. The van der Waals surface area contributed by atoms with Crippen LogP contribution in [0.1, 0.15) is 27.7 Å². The second kappa shape index (κ2) is 5.38. The Bertz CT molecular complexity index is 510. The highest BCUT2D eigenvalue weighted by atomic mass is 16.6. The van der Waals surface area contributed by atoms with Crippen LogP contribution in [0, 0.1) is 26.9 Å². The van der Waals surface area contributed by atoms with Crippen LogP contribution < -0.4 is 5.32 Å². The van der Waals surface area contributed by atoms with Crippen LogP contribution in [0.15, 0.2) is 12.4 Å². The van der Waals surface area contributed by atoms with Crippen molar-refractivity contribution >= 4 is 5.69 Å². The Morgan fingerprint density at radius 3 is 2.57 bits per heavy atom. The number of nitrogens with zero attached hydrogens (tertiary/aromatic N) is 3. The Morgan fingerprint density at radius 2 is 2.10 bits per heavy atom. The Kier molecular flexibility index (Phi) is 4.08. The quantitative estimate of drug-likeness (QED) is 0.586. The van der Waals surface area contributed by atoms with Crippen molar-refractivity contribution in [1.29, 1.82) is 0 Å². The molecule has 21 heavy (non-hydrogen) atoms. The van der Waals surface area contributed by atoms with Gasteiger partial charge in [0.1, 0.15) is 12.4 Å². The lowest BCUT2D eigenvalue weighted by Crippen LogP contribution is -2.32. The summed E-state index contributed by atoms with van der Waals surface area (Å²) in [5, 5.41) is 27.7. The van der Waals surface area contributed by atoms with Crippen LogP contribution >= 0.6 is 0 Å². The van der Waals surface area contributed by atoms with E-state index in [0.29, 0.717) is 23.3 Å². The number of aromatic nitrogens is 2. The Labute approximate surface area is 124 Å². The fraction of sp³-hybridized carbons (Fsp3) is 0.786. The molecule has 2 N–H and O–H groups in total. The fourth-order valence-electron chi connectivity index (χ4n) is 3.07. The van der Waals surface area contributed by atoms with E-state index in [1.807, 2.05) is 0 Å². The zero-order valence-electron chi connectivity index (χ0n) is 13.0. The summed E-state index contributed by atoms with van der Waals surface area (Å²) < 4.78 is 1.40. The molecule has 1 atom stereocenters. The number of nitrogens with one attached hydrogen (secondary N) is 1. The minimum atomic E-state index is -0.616. The average Bonchev–Trinajstić information content (AvgIpc) is 2.73. The molecule has 1 saturated carbocycles. The van der Waals surface area contributed by atoms with Crippen LogP contribution in [-0.4, -0.2) is 39.0 Å². The van der Waals surface area contributed by atoms with E-state index in [0.717, 1.165) is 6.54 Å². The molecule has 0 spiro atoms. The predicted molar refractivity (Wildman–Crippen MR) is 78.8 cm³/mol. The van der Waals surface area contributed by atoms with Crippen molar-refractivity contribution in [3.05, 3.63) is 22.5 Å². The third kappa shape index (κ3) is 3.08. The van der Waals surface area contributed by atoms with E-state index in [-0.39, 0.29) is 12.2 Å². The first-order chi connectivity index (χ1) is 9.66. The summed E-state index contributed by atoms with van der Waals surface area (Å²) in [4.78, 5) is 10.1. The van der Waals surface area contributed by atoms with Crippen molar-refractivity contribution in [1.82, 2.24) is 15.1 Å². The first-order valence-corrected chi connectivity index (χ1v) is 7.22. The van der Waals surface area contributed by atoms with Crippen LogP contribution in [0.3, 0.4) is 0 Å². The molecule has 0 saturated heterocycles. The van der Waals surface area contributed by atoms with Crippen LogP contribution in [0.4, 0.5) is 5.69 Å². The monoisotopic (exact) mass is 296 g/mol. The standard InChI is InChI=1S/C14H24N4O3/c1-13(2)12(14(13,3)4)7-15-6-11(19)9-17-8-10(5-16-17)18(20)21/h5,8,11-12,15,19H,6-7,9H2,1-4H3. The summed E-state index contributed by atoms with van der Waals surface area (Å²) in [6.07, 6.45) is 1.90. The molecule has 1 aliphatic rings. The average molecular weight is 296 g/mol. The minimum Gasteiger partial charge on any atom is -0.390 e. The number of nitro groups is 1. The second-order valence-electron chi connectivity index (χ2n) is 6.99. The van der Waals surface area contributed by atoms with Gasteiger partial charge in [0.25, 0.3) is 0 Å². The molecule has 0 aromatic carbocycles. The van der Waals surface area contributed by atoms with Crippen LogP contribution in [0.2, 0.25) is 0 Å². The smallest absolute Gasteiger partial charge is 0.306 e. The van der Waals surface area contributed by atoms with Gasteiger partial charge in [-0.05, 0) is 23.3 Å². The zero-order chi connectivity index (χ0) is 15.8. The fourth-order valence-corrected chi connectivity index (χ4v) is 3.07. The summed E-state index contributed by atoms with van der Waals surface area (Å²) in [6.45, 7) is 10.6. The van der Waals surface area contributed by atoms with Crippen molar-refractivity contribution in [3.8, 4) is 0 Å². The Hall–Kier alpha value is -1.47. The van der Waals surface area contributed by atoms with Gasteiger partial charge in [-0.2, -0.15) is 5.10 Å². The molecule has 0 bridgehead atoms. The number of rotatable bonds is 7. The molecule has 1 aromatic rings. The first kappa shape index (κ1) is 15.9. The van der Waals surface area contributed by atoms with Crippen molar-refractivity contribution in [2.45, 2.75) is 40.3 Å². The lowest BCUT2D eigenvalue weighted by Gasteiger charge is -2.12. The molecular weight excluding hydrogens is 272 g/mol. The second-order valence-corrected chi connectivity index (χ2v) is 6.99. The maximum atomic E-state index is 10.6. The van der Waals surface area contributed by atoms with Crippen molar-refractivity contribution < 1.29 is 10.0 Å². The lowest BCUT2D eigenvalue weighted by atomic mass is 10.0. The zero-order valence-corrected chi connectivity index (χ0v) is 13.0. The predicted octanol–water partition coefficient (Wildman–Crippen LogP) is 1.42. The molecule has 0 radical (unpaired) electrons. The molecule has 1 aromatic heterocycles. The van der Waals surface area contributed by atoms with E-state index >= 15 is 0 Å². The van der Waals surface area contributed by atoms with E-state index in [1.54, 1.807) is 0 Å². The highest BCUT2D eigenvalue weighted by Crippen LogP contribution is 2.67. The van der Waals surface area contributed by atoms with Gasteiger partial charge in [-0.25, -0.2) is 0 Å². The lowest BCUT2D eigenvalue weighted by molar-refractivity contribution is -0.385. The Balaban J connectivity index is 1.73. The van der Waals surface area contributed by atoms with Gasteiger partial charge in [0, 0.05) is 6.54 Å². The number of hydrogen-bond donors (Lipinski definition) is 2. The van der Waals surface area contributed by atoms with Crippen LogP contribution in [-0.2, 0) is 6.54 Å². The summed E-state index contributed by atoms with van der Waals surface area (Å²) in [7, 11) is 0. The third-order valence-corrected chi connectivity index (χ3v) is 5.28. The van der Waals surface area contributed by atoms with E-state index in [1.165, 1.54) is 17.1 Å². The molecule has 1 fully saturated rings. The molecule has 7 nitrogen and oxygen atoms in total. The number of hydrogen-bond acceptors (Lipinski definition) is 5. The van der Waals surface area contributed by atoms with Gasteiger partial charge < -0.3 is 10.4 Å². The number of aliphatic hydroxyl groups is 1. The van der Waals surface area contributed by atoms with Crippen LogP contribution in [0.5, 0.6) is 0 Å². The molecule has 1 unspecified atom stereocenters. The largest absolute Gasteiger partial charge is 0.390 e. The van der Waals surface area contributed by atoms with E-state index in [9.17, 15) is 15.2 Å². The topological polar surface area (TPSA) is 93.2 Å².